The molecule has 12 heteroatoms. The Hall–Kier alpha value is -6.34. The van der Waals surface area contributed by atoms with Gasteiger partial charge in [-0.2, -0.15) is 8.42 Å². The zero-order valence-electron chi connectivity index (χ0n) is 35.5. The van der Waals surface area contributed by atoms with Crippen LogP contribution in [0, 0.1) is 6.92 Å². The molecule has 0 amide bonds. The average molecular weight is 873 g/mol. The van der Waals surface area contributed by atoms with Gasteiger partial charge >= 0.3 is 22.4 Å². The third-order valence-corrected chi connectivity index (χ3v) is 14.6. The molecule has 0 saturated carbocycles. The van der Waals surface area contributed by atoms with Crippen molar-refractivity contribution in [3.8, 4) is 17.2 Å². The molecule has 0 aliphatic rings. The number of rotatable bonds is 11. The van der Waals surface area contributed by atoms with E-state index in [9.17, 15) is 18.0 Å². The molecular formula is C50H48O10S2. The Balaban J connectivity index is 1.32. The van der Waals surface area contributed by atoms with Crippen LogP contribution in [0.5, 0.6) is 17.2 Å². The Morgan fingerprint density at radius 2 is 0.919 bits per heavy atom. The van der Waals surface area contributed by atoms with Gasteiger partial charge in [0.25, 0.3) is 0 Å². The smallest absolute Gasteiger partial charge is 0.489 e. The van der Waals surface area contributed by atoms with Crippen molar-refractivity contribution in [2.24, 2.45) is 0 Å². The average Bonchev–Trinajstić information content (AvgIpc) is 3.21. The number of aryl methyl sites for hydroxylation is 1. The highest BCUT2D eigenvalue weighted by Crippen LogP contribution is 2.70. The van der Waals surface area contributed by atoms with Crippen molar-refractivity contribution in [1.29, 1.82) is 0 Å². The molecular weight excluding hydrogens is 825 g/mol. The van der Waals surface area contributed by atoms with Crippen LogP contribution >= 0.6 is 10.3 Å². The molecule has 0 radical (unpaired) electrons. The van der Waals surface area contributed by atoms with Gasteiger partial charge in [-0.3, -0.25) is 0 Å². The van der Waals surface area contributed by atoms with Crippen LogP contribution in [0.1, 0.15) is 52.7 Å². The van der Waals surface area contributed by atoms with Gasteiger partial charge < -0.3 is 23.7 Å². The monoisotopic (exact) mass is 872 g/mol. The molecule has 0 heterocycles. The third kappa shape index (κ3) is 10.2. The second-order valence-corrected chi connectivity index (χ2v) is 21.0. The normalized spacial score (nSPS) is 12.4. The zero-order chi connectivity index (χ0) is 44.3. The maximum atomic E-state index is 14.5. The summed E-state index contributed by atoms with van der Waals surface area (Å²) < 4.78 is 63.7. The predicted octanol–water partition coefficient (Wildman–Crippen LogP) is 13.1. The van der Waals surface area contributed by atoms with Gasteiger partial charge in [-0.05, 0) is 177 Å². The lowest BCUT2D eigenvalue weighted by atomic mass is 9.98. The lowest BCUT2D eigenvalue weighted by Crippen LogP contribution is -2.26. The van der Waals surface area contributed by atoms with Crippen LogP contribution in [-0.4, -0.2) is 31.9 Å². The molecule has 0 fully saturated rings. The van der Waals surface area contributed by atoms with Crippen LogP contribution < -0.4 is 14.2 Å². The predicted molar refractivity (Wildman–Crippen MR) is 241 cm³/mol. The molecule has 0 spiro atoms. The molecule has 320 valence electrons. The van der Waals surface area contributed by atoms with Gasteiger partial charge in [0.15, 0.2) is 0 Å². The fourth-order valence-corrected chi connectivity index (χ4v) is 11.9. The highest BCUT2D eigenvalue weighted by Gasteiger charge is 2.39. The number of ether oxygens (including phenoxy) is 5. The van der Waals surface area contributed by atoms with E-state index in [4.69, 9.17) is 27.3 Å². The van der Waals surface area contributed by atoms with Crippen molar-refractivity contribution in [2.45, 2.75) is 85.9 Å². The Morgan fingerprint density at radius 1 is 0.500 bits per heavy atom. The largest absolute Gasteiger partial charge is 0.514 e. The molecule has 7 aromatic carbocycles. The molecule has 0 atom stereocenters. The number of carbonyl (C=O) groups excluding carboxylic acids is 2. The van der Waals surface area contributed by atoms with E-state index in [1.807, 2.05) is 31.2 Å². The van der Waals surface area contributed by atoms with E-state index in [-0.39, 0.29) is 23.0 Å². The summed E-state index contributed by atoms with van der Waals surface area (Å²) in [5, 5.41) is 4.47. The van der Waals surface area contributed by atoms with Crippen LogP contribution in [0.3, 0.4) is 0 Å². The maximum Gasteiger partial charge on any atom is 0.514 e. The lowest BCUT2D eigenvalue weighted by molar-refractivity contribution is 0.0193. The second kappa shape index (κ2) is 17.6. The first-order valence-corrected chi connectivity index (χ1v) is 22.9. The Kier molecular flexibility index (Phi) is 12.4. The molecule has 0 bridgehead atoms. The minimum atomic E-state index is -4.48. The fraction of sp³-hybridized carbons (Fsp3) is 0.200. The van der Waals surface area contributed by atoms with Crippen LogP contribution in [0.25, 0.3) is 21.5 Å². The van der Waals surface area contributed by atoms with Gasteiger partial charge in [-0.25, -0.2) is 13.2 Å². The number of carbonyl (C=O) groups is 2. The summed E-state index contributed by atoms with van der Waals surface area (Å²) in [5.41, 5.74) is 0.314. The molecule has 7 rings (SSSR count). The summed E-state index contributed by atoms with van der Waals surface area (Å²) in [6.07, 6.45) is -1.79. The van der Waals surface area contributed by atoms with E-state index in [1.54, 1.807) is 126 Å². The van der Waals surface area contributed by atoms with Crippen LogP contribution in [-0.2, 0) is 29.8 Å². The van der Waals surface area contributed by atoms with E-state index in [1.165, 1.54) is 12.1 Å². The van der Waals surface area contributed by atoms with E-state index < -0.39 is 43.9 Å². The van der Waals surface area contributed by atoms with E-state index in [0.29, 0.717) is 20.4 Å². The number of hydrogen-bond donors (Lipinski definition) is 0. The lowest BCUT2D eigenvalue weighted by Gasteiger charge is -2.39. The highest BCUT2D eigenvalue weighted by atomic mass is 32.3. The number of hydrogen-bond acceptors (Lipinski definition) is 10. The SMILES string of the molecule is Cc1ccc(S(=O)(=O)OS(c2ccc(OCc3cc4ccccc4c4ccccc34)cc2)(c2ccc(OC(=O)OC(C)(C)C)cc2)c2ccc(OC(=O)OC(C)(C)C)cc2)cc1. The first-order valence-electron chi connectivity index (χ1n) is 19.9. The maximum absolute atomic E-state index is 14.5. The molecule has 0 aromatic heterocycles. The molecule has 0 N–H and O–H groups in total. The standard InChI is InChI=1S/C50H48O10S2/c1-34-16-24-43(25-17-34)62(53,54)60-61(41-28-20-38(21-29-41)56-47(51)58-49(2,3)4,42-30-22-39(23-31-42)57-48(52)59-50(5,6)7)40-26-18-37(19-27-40)55-33-36-32-35-12-8-9-13-44(35)46-15-11-10-14-45(36)46/h8-32H,33H2,1-7H3. The molecule has 10 nitrogen and oxygen atoms in total. The van der Waals surface area contributed by atoms with E-state index in [2.05, 4.69) is 30.3 Å². The minimum Gasteiger partial charge on any atom is -0.489 e. The van der Waals surface area contributed by atoms with Crippen molar-refractivity contribution < 1.29 is 45.3 Å². The molecule has 62 heavy (non-hydrogen) atoms. The van der Waals surface area contributed by atoms with E-state index in [0.717, 1.165) is 32.7 Å². The van der Waals surface area contributed by atoms with Crippen LogP contribution in [0.15, 0.2) is 171 Å². The summed E-state index contributed by atoms with van der Waals surface area (Å²) >= 11 is 0. The molecule has 7 aromatic rings. The summed E-state index contributed by atoms with van der Waals surface area (Å²) in [5.74, 6) is 0.885. The first kappa shape index (κ1) is 43.7. The quantitative estimate of drug-likeness (QED) is 0.0705. The number of fused-ring (bicyclic) bond motifs is 3. The molecule has 0 aliphatic carbocycles. The first-order chi connectivity index (χ1) is 29.4. The number of benzene rings is 7. The van der Waals surface area contributed by atoms with Crippen LogP contribution in [0.4, 0.5) is 9.59 Å². The van der Waals surface area contributed by atoms with Crippen molar-refractivity contribution in [2.75, 3.05) is 0 Å². The Bertz CT molecular complexity index is 2750. The van der Waals surface area contributed by atoms with Crippen molar-refractivity contribution >= 4 is 54.3 Å². The topological polar surface area (TPSA) is 124 Å². The minimum absolute atomic E-state index is 0.0442. The van der Waals surface area contributed by atoms with Gasteiger partial charge in [-0.1, -0.05) is 66.2 Å². The Labute approximate surface area is 364 Å². The molecule has 0 aliphatic heterocycles. The fourth-order valence-electron chi connectivity index (χ4n) is 6.68. The van der Waals surface area contributed by atoms with Gasteiger partial charge in [0, 0.05) is 14.7 Å². The van der Waals surface area contributed by atoms with Gasteiger partial charge in [0.05, 0.1) is 4.90 Å². The van der Waals surface area contributed by atoms with Gasteiger partial charge in [0.1, 0.15) is 35.1 Å². The summed E-state index contributed by atoms with van der Waals surface area (Å²) in [6, 6.07) is 44.9. The highest BCUT2D eigenvalue weighted by molar-refractivity contribution is 8.33. The van der Waals surface area contributed by atoms with E-state index >= 15 is 0 Å². The van der Waals surface area contributed by atoms with Crippen LogP contribution in [0.2, 0.25) is 0 Å². The summed E-state index contributed by atoms with van der Waals surface area (Å²) in [4.78, 5) is 26.6. The molecule has 0 unspecified atom stereocenters. The zero-order valence-corrected chi connectivity index (χ0v) is 37.2. The van der Waals surface area contributed by atoms with Gasteiger partial charge in [-0.15, -0.1) is 0 Å². The van der Waals surface area contributed by atoms with Gasteiger partial charge in [0.2, 0.25) is 0 Å². The van der Waals surface area contributed by atoms with Crippen molar-refractivity contribution in [1.82, 2.24) is 0 Å². The Morgan fingerprint density at radius 3 is 1.40 bits per heavy atom. The van der Waals surface area contributed by atoms with Crippen molar-refractivity contribution in [3.63, 3.8) is 0 Å². The second-order valence-electron chi connectivity index (χ2n) is 16.5. The summed E-state index contributed by atoms with van der Waals surface area (Å²) in [7, 11) is -7.70. The third-order valence-electron chi connectivity index (χ3n) is 9.40. The summed E-state index contributed by atoms with van der Waals surface area (Å²) in [6.45, 7) is 12.5. The van der Waals surface area contributed by atoms with Crippen molar-refractivity contribution in [3.05, 3.63) is 163 Å². The molecule has 0 saturated heterocycles.